The molecule has 2 rings (SSSR count). The molecule has 0 aromatic carbocycles. The zero-order chi connectivity index (χ0) is 13.1. The molecule has 6 heteroatoms. The van der Waals surface area contributed by atoms with E-state index in [0.29, 0.717) is 11.5 Å². The lowest BCUT2D eigenvalue weighted by Crippen LogP contribution is -2.06. The van der Waals surface area contributed by atoms with Gasteiger partial charge in [-0.3, -0.25) is 0 Å². The fraction of sp³-hybridized carbons (Fsp3) is 0.167. The van der Waals surface area contributed by atoms with Crippen LogP contribution in [0.2, 0.25) is 0 Å². The van der Waals surface area contributed by atoms with Crippen LogP contribution in [-0.4, -0.2) is 30.3 Å². The van der Waals surface area contributed by atoms with E-state index < -0.39 is 5.97 Å². The number of aromatic nitrogens is 1. The van der Waals surface area contributed by atoms with Crippen molar-refractivity contribution in [1.29, 1.82) is 0 Å². The van der Waals surface area contributed by atoms with Gasteiger partial charge >= 0.3 is 5.97 Å². The molecule has 0 saturated carbocycles. The van der Waals surface area contributed by atoms with Gasteiger partial charge < -0.3 is 19.0 Å². The molecular formula is C12H11NO5. The van der Waals surface area contributed by atoms with Crippen molar-refractivity contribution in [3.63, 3.8) is 0 Å². The number of rotatable bonds is 3. The molecule has 0 aliphatic carbocycles. The predicted molar refractivity (Wildman–Crippen MR) is 61.5 cm³/mol. The van der Waals surface area contributed by atoms with Crippen molar-refractivity contribution in [2.75, 3.05) is 14.2 Å². The van der Waals surface area contributed by atoms with E-state index >= 15 is 0 Å². The fourth-order valence-corrected chi connectivity index (χ4v) is 1.46. The van der Waals surface area contributed by atoms with E-state index in [9.17, 15) is 9.90 Å². The Balaban J connectivity index is 2.60. The van der Waals surface area contributed by atoms with Crippen molar-refractivity contribution in [1.82, 2.24) is 4.98 Å². The fourth-order valence-electron chi connectivity index (χ4n) is 1.46. The first kappa shape index (κ1) is 12.0. The number of aromatic hydroxyl groups is 1. The largest absolute Gasteiger partial charge is 0.503 e. The maximum absolute atomic E-state index is 11.5. The normalized spacial score (nSPS) is 10.1. The number of hydrogen-bond donors (Lipinski definition) is 1. The maximum Gasteiger partial charge on any atom is 0.360 e. The number of nitrogens with zero attached hydrogens (tertiary/aromatic N) is 1. The van der Waals surface area contributed by atoms with E-state index in [-0.39, 0.29) is 17.2 Å². The van der Waals surface area contributed by atoms with Gasteiger partial charge in [-0.15, -0.1) is 0 Å². The summed E-state index contributed by atoms with van der Waals surface area (Å²) in [4.78, 5) is 15.5. The van der Waals surface area contributed by atoms with Crippen LogP contribution in [0, 0.1) is 0 Å². The van der Waals surface area contributed by atoms with Gasteiger partial charge in [-0.1, -0.05) is 0 Å². The summed E-state index contributed by atoms with van der Waals surface area (Å²) < 4.78 is 14.7. The zero-order valence-corrected chi connectivity index (χ0v) is 9.84. The maximum atomic E-state index is 11.5. The molecular weight excluding hydrogens is 238 g/mol. The number of carbonyl (C=O) groups excluding carboxylic acids is 1. The van der Waals surface area contributed by atoms with Crippen molar-refractivity contribution in [2.45, 2.75) is 0 Å². The molecule has 0 unspecified atom stereocenters. The third-order valence-corrected chi connectivity index (χ3v) is 2.33. The van der Waals surface area contributed by atoms with E-state index in [1.54, 1.807) is 12.1 Å². The highest BCUT2D eigenvalue weighted by Crippen LogP contribution is 2.33. The minimum atomic E-state index is -0.751. The Hall–Kier alpha value is -2.50. The molecule has 0 atom stereocenters. The van der Waals surface area contributed by atoms with Crippen molar-refractivity contribution >= 4 is 5.97 Å². The second kappa shape index (κ2) is 4.79. The molecule has 0 aliphatic heterocycles. The number of furan rings is 1. The minimum absolute atomic E-state index is 0.122. The van der Waals surface area contributed by atoms with Gasteiger partial charge in [0.05, 0.1) is 20.5 Å². The number of hydrogen-bond acceptors (Lipinski definition) is 6. The van der Waals surface area contributed by atoms with Crippen molar-refractivity contribution in [2.24, 2.45) is 0 Å². The van der Waals surface area contributed by atoms with Gasteiger partial charge in [0.15, 0.2) is 23.0 Å². The van der Waals surface area contributed by atoms with Crippen LogP contribution >= 0.6 is 0 Å². The minimum Gasteiger partial charge on any atom is -0.503 e. The van der Waals surface area contributed by atoms with Gasteiger partial charge in [0, 0.05) is 6.07 Å². The van der Waals surface area contributed by atoms with Gasteiger partial charge in [-0.05, 0) is 12.1 Å². The Kier molecular flexibility index (Phi) is 3.18. The van der Waals surface area contributed by atoms with Crippen LogP contribution in [0.1, 0.15) is 10.5 Å². The van der Waals surface area contributed by atoms with Crippen LogP contribution in [0.4, 0.5) is 0 Å². The van der Waals surface area contributed by atoms with Crippen molar-refractivity contribution in [3.05, 3.63) is 30.2 Å². The number of pyridine rings is 1. The lowest BCUT2D eigenvalue weighted by atomic mass is 10.2. The molecule has 0 fully saturated rings. The monoisotopic (exact) mass is 249 g/mol. The Morgan fingerprint density at radius 3 is 2.78 bits per heavy atom. The first-order valence-corrected chi connectivity index (χ1v) is 5.07. The van der Waals surface area contributed by atoms with E-state index in [4.69, 9.17) is 9.15 Å². The van der Waals surface area contributed by atoms with Crippen LogP contribution in [-0.2, 0) is 4.74 Å². The summed E-state index contributed by atoms with van der Waals surface area (Å²) in [6, 6.07) is 4.84. The Morgan fingerprint density at radius 2 is 2.22 bits per heavy atom. The zero-order valence-electron chi connectivity index (χ0n) is 9.84. The predicted octanol–water partition coefficient (Wildman–Crippen LogP) is 1.84. The first-order chi connectivity index (χ1) is 8.67. The summed E-state index contributed by atoms with van der Waals surface area (Å²) >= 11 is 0. The van der Waals surface area contributed by atoms with Gasteiger partial charge in [-0.25, -0.2) is 9.78 Å². The molecule has 0 saturated heterocycles. The number of carbonyl (C=O) groups is 1. The van der Waals surface area contributed by atoms with Gasteiger partial charge in [0.2, 0.25) is 0 Å². The second-order valence-electron chi connectivity index (χ2n) is 3.38. The Bertz CT molecular complexity index is 562. The molecule has 0 amide bonds. The molecule has 6 nitrogen and oxygen atoms in total. The topological polar surface area (TPSA) is 81.8 Å². The number of esters is 1. The highest BCUT2D eigenvalue weighted by Gasteiger charge is 2.20. The van der Waals surface area contributed by atoms with Gasteiger partial charge in [0.25, 0.3) is 0 Å². The summed E-state index contributed by atoms with van der Waals surface area (Å²) in [6.07, 6.45) is 1.48. The standard InChI is InChI=1S/C12H11NO5/c1-16-9-6-7(8-4-3-5-18-8)13-10(11(9)14)12(15)17-2/h3-6,14H,1-2H3. The lowest BCUT2D eigenvalue weighted by molar-refractivity contribution is 0.0589. The van der Waals surface area contributed by atoms with Crippen LogP contribution in [0.5, 0.6) is 11.5 Å². The highest BCUT2D eigenvalue weighted by molar-refractivity contribution is 5.92. The second-order valence-corrected chi connectivity index (χ2v) is 3.38. The average molecular weight is 249 g/mol. The van der Waals surface area contributed by atoms with Crippen LogP contribution in [0.3, 0.4) is 0 Å². The average Bonchev–Trinajstić information content (AvgIpc) is 2.92. The van der Waals surface area contributed by atoms with E-state index in [1.165, 1.54) is 26.5 Å². The van der Waals surface area contributed by atoms with Crippen LogP contribution in [0.25, 0.3) is 11.5 Å². The molecule has 2 heterocycles. The summed E-state index contributed by atoms with van der Waals surface area (Å²) in [5.41, 5.74) is 0.151. The third-order valence-electron chi connectivity index (χ3n) is 2.33. The molecule has 0 bridgehead atoms. The molecule has 94 valence electrons. The quantitative estimate of drug-likeness (QED) is 0.836. The summed E-state index contributed by atoms with van der Waals surface area (Å²) in [7, 11) is 2.58. The molecule has 0 spiro atoms. The summed E-state index contributed by atoms with van der Waals surface area (Å²) in [5, 5.41) is 9.79. The molecule has 0 aliphatic rings. The summed E-state index contributed by atoms with van der Waals surface area (Å²) in [6.45, 7) is 0. The molecule has 18 heavy (non-hydrogen) atoms. The Morgan fingerprint density at radius 1 is 1.44 bits per heavy atom. The molecule has 0 radical (unpaired) electrons. The highest BCUT2D eigenvalue weighted by atomic mass is 16.5. The van der Waals surface area contributed by atoms with E-state index in [1.807, 2.05) is 0 Å². The van der Waals surface area contributed by atoms with Gasteiger partial charge in [-0.2, -0.15) is 0 Å². The van der Waals surface area contributed by atoms with Crippen LogP contribution in [0.15, 0.2) is 28.9 Å². The number of ether oxygens (including phenoxy) is 2. The number of methoxy groups -OCH3 is 2. The van der Waals surface area contributed by atoms with E-state index in [2.05, 4.69) is 9.72 Å². The van der Waals surface area contributed by atoms with Crippen LogP contribution < -0.4 is 4.74 Å². The SMILES string of the molecule is COC(=O)c1nc(-c2ccco2)cc(OC)c1O. The van der Waals surface area contributed by atoms with Crippen molar-refractivity contribution < 1.29 is 23.8 Å². The molecule has 2 aromatic rings. The van der Waals surface area contributed by atoms with E-state index in [0.717, 1.165) is 0 Å². The smallest absolute Gasteiger partial charge is 0.360 e. The van der Waals surface area contributed by atoms with Crippen molar-refractivity contribution in [3.8, 4) is 23.0 Å². The van der Waals surface area contributed by atoms with Gasteiger partial charge in [0.1, 0.15) is 5.69 Å². The third kappa shape index (κ3) is 2.00. The Labute approximate surface area is 103 Å². The molecule has 2 aromatic heterocycles. The molecule has 1 N–H and O–H groups in total. The lowest BCUT2D eigenvalue weighted by Gasteiger charge is -2.08. The summed E-state index contributed by atoms with van der Waals surface area (Å²) in [5.74, 6) is -0.533. The first-order valence-electron chi connectivity index (χ1n) is 5.07.